The second-order valence-corrected chi connectivity index (χ2v) is 9.30. The fraction of sp³-hybridized carbons (Fsp3) is 0.550. The van der Waals surface area contributed by atoms with E-state index in [9.17, 15) is 9.18 Å². The zero-order valence-corrected chi connectivity index (χ0v) is 18.2. The monoisotopic (exact) mass is 411 g/mol. The van der Waals surface area contributed by atoms with Crippen molar-refractivity contribution in [2.24, 2.45) is 0 Å². The lowest BCUT2D eigenvalue weighted by molar-refractivity contribution is 0.00578. The van der Waals surface area contributed by atoms with E-state index in [1.54, 1.807) is 32.9 Å². The number of ether oxygens (including phenoxy) is 1. The Morgan fingerprint density at radius 2 is 1.79 bits per heavy atom. The van der Waals surface area contributed by atoms with E-state index in [-0.39, 0.29) is 11.6 Å². The first-order valence-electron chi connectivity index (χ1n) is 9.18. The standard InChI is InChI=1S/C20H28BClFNO4/c1-18(2,3)26-17(25)24-12-14(8-13-9-15(22)11-16(23)10-13)21-27-19(4,5)20(6,7)28-21/h8-11H,12H2,1-7H3,(H,24,25). The van der Waals surface area contributed by atoms with Gasteiger partial charge in [0.05, 0.1) is 11.2 Å². The highest BCUT2D eigenvalue weighted by molar-refractivity contribution is 6.56. The van der Waals surface area contributed by atoms with Gasteiger partial charge in [0.25, 0.3) is 0 Å². The Hall–Kier alpha value is -1.57. The normalized spacial score (nSPS) is 18.9. The van der Waals surface area contributed by atoms with E-state index in [1.807, 2.05) is 27.7 Å². The van der Waals surface area contributed by atoms with E-state index < -0.39 is 35.8 Å². The van der Waals surface area contributed by atoms with E-state index in [0.29, 0.717) is 11.0 Å². The molecule has 1 aromatic carbocycles. The highest BCUT2D eigenvalue weighted by atomic mass is 35.5. The van der Waals surface area contributed by atoms with Crippen LogP contribution in [0.15, 0.2) is 23.7 Å². The number of rotatable bonds is 4. The molecule has 1 saturated heterocycles. The molecule has 2 rings (SSSR count). The first kappa shape index (κ1) is 22.7. The van der Waals surface area contributed by atoms with Gasteiger partial charge >= 0.3 is 13.2 Å². The predicted molar refractivity (Wildman–Crippen MR) is 110 cm³/mol. The molecule has 1 N–H and O–H groups in total. The van der Waals surface area contributed by atoms with Gasteiger partial charge in [-0.15, -0.1) is 0 Å². The lowest BCUT2D eigenvalue weighted by Crippen LogP contribution is -2.41. The van der Waals surface area contributed by atoms with E-state index >= 15 is 0 Å². The summed E-state index contributed by atoms with van der Waals surface area (Å²) >= 11 is 5.96. The summed E-state index contributed by atoms with van der Waals surface area (Å²) < 4.78 is 31.2. The van der Waals surface area contributed by atoms with Gasteiger partial charge in [0.2, 0.25) is 0 Å². The molecule has 8 heteroatoms. The van der Waals surface area contributed by atoms with E-state index in [2.05, 4.69) is 5.32 Å². The van der Waals surface area contributed by atoms with Crippen molar-refractivity contribution in [2.45, 2.75) is 65.3 Å². The molecular formula is C20H28BClFNO4. The number of benzene rings is 1. The van der Waals surface area contributed by atoms with Crippen molar-refractivity contribution < 1.29 is 23.2 Å². The summed E-state index contributed by atoms with van der Waals surface area (Å²) in [4.78, 5) is 12.1. The van der Waals surface area contributed by atoms with Gasteiger partial charge in [0.1, 0.15) is 11.4 Å². The summed E-state index contributed by atoms with van der Waals surface area (Å²) in [6.07, 6.45) is 1.14. The molecule has 0 bridgehead atoms. The van der Waals surface area contributed by atoms with Crippen molar-refractivity contribution in [2.75, 3.05) is 6.54 Å². The molecular weight excluding hydrogens is 383 g/mol. The largest absolute Gasteiger partial charge is 0.492 e. The molecule has 1 heterocycles. The number of amides is 1. The van der Waals surface area contributed by atoms with Crippen molar-refractivity contribution in [3.8, 4) is 0 Å². The first-order valence-corrected chi connectivity index (χ1v) is 9.55. The van der Waals surface area contributed by atoms with Crippen LogP contribution in [0.1, 0.15) is 54.0 Å². The van der Waals surface area contributed by atoms with Crippen LogP contribution in [0, 0.1) is 5.82 Å². The zero-order valence-electron chi connectivity index (χ0n) is 17.5. The maximum Gasteiger partial charge on any atom is 0.492 e. The third-order valence-corrected chi connectivity index (χ3v) is 4.85. The number of hydrogen-bond acceptors (Lipinski definition) is 4. The maximum absolute atomic E-state index is 13.7. The van der Waals surface area contributed by atoms with Gasteiger partial charge in [0, 0.05) is 11.6 Å². The highest BCUT2D eigenvalue weighted by Crippen LogP contribution is 2.38. The summed E-state index contributed by atoms with van der Waals surface area (Å²) in [5.41, 5.74) is -0.564. The van der Waals surface area contributed by atoms with Crippen molar-refractivity contribution in [1.29, 1.82) is 0 Å². The zero-order chi connectivity index (χ0) is 21.3. The minimum absolute atomic E-state index is 0.111. The smallest absolute Gasteiger partial charge is 0.444 e. The minimum atomic E-state index is -0.707. The molecule has 1 aliphatic rings. The van der Waals surface area contributed by atoms with Crippen molar-refractivity contribution in [3.63, 3.8) is 0 Å². The van der Waals surface area contributed by atoms with Gasteiger partial charge < -0.3 is 19.4 Å². The second-order valence-electron chi connectivity index (χ2n) is 8.87. The summed E-state index contributed by atoms with van der Waals surface area (Å²) in [6.45, 7) is 13.2. The van der Waals surface area contributed by atoms with Crippen LogP contribution in [0.4, 0.5) is 9.18 Å². The topological polar surface area (TPSA) is 56.8 Å². The number of halogens is 2. The third kappa shape index (κ3) is 5.96. The number of carbonyl (C=O) groups excluding carboxylic acids is 1. The van der Waals surface area contributed by atoms with Gasteiger partial charge in [-0.25, -0.2) is 9.18 Å². The van der Waals surface area contributed by atoms with Gasteiger partial charge in [-0.3, -0.25) is 0 Å². The van der Waals surface area contributed by atoms with E-state index in [1.165, 1.54) is 12.1 Å². The van der Waals surface area contributed by atoms with Crippen LogP contribution in [0.2, 0.25) is 5.02 Å². The molecule has 0 atom stereocenters. The Morgan fingerprint density at radius 3 is 2.29 bits per heavy atom. The Morgan fingerprint density at radius 1 is 1.21 bits per heavy atom. The third-order valence-electron chi connectivity index (χ3n) is 4.63. The van der Waals surface area contributed by atoms with E-state index in [0.717, 1.165) is 0 Å². The number of carbonyl (C=O) groups is 1. The lowest BCUT2D eigenvalue weighted by atomic mass is 9.77. The fourth-order valence-electron chi connectivity index (χ4n) is 2.56. The molecule has 1 fully saturated rings. The van der Waals surface area contributed by atoms with E-state index in [4.69, 9.17) is 25.6 Å². The van der Waals surface area contributed by atoms with Crippen molar-refractivity contribution >= 4 is 30.9 Å². The molecule has 28 heavy (non-hydrogen) atoms. The molecule has 0 spiro atoms. The summed E-state index contributed by atoms with van der Waals surface area (Å²) in [5.74, 6) is -0.452. The summed E-state index contributed by atoms with van der Waals surface area (Å²) in [7, 11) is -0.707. The van der Waals surface area contributed by atoms with Gasteiger partial charge in [-0.2, -0.15) is 0 Å². The molecule has 0 aromatic heterocycles. The van der Waals surface area contributed by atoms with Gasteiger partial charge in [0.15, 0.2) is 0 Å². The van der Waals surface area contributed by atoms with Gasteiger partial charge in [-0.1, -0.05) is 17.7 Å². The number of nitrogens with one attached hydrogen (secondary N) is 1. The molecule has 5 nitrogen and oxygen atoms in total. The van der Waals surface area contributed by atoms with Crippen LogP contribution in [0.3, 0.4) is 0 Å². The van der Waals surface area contributed by atoms with Crippen molar-refractivity contribution in [3.05, 3.63) is 40.1 Å². The molecule has 0 aliphatic carbocycles. The lowest BCUT2D eigenvalue weighted by Gasteiger charge is -2.32. The molecule has 0 radical (unpaired) electrons. The Labute approximate surface area is 171 Å². The molecule has 154 valence electrons. The summed E-state index contributed by atoms with van der Waals surface area (Å²) in [6, 6.07) is 4.21. The first-order chi connectivity index (χ1) is 12.7. The molecule has 1 aromatic rings. The molecule has 1 aliphatic heterocycles. The number of hydrogen-bond donors (Lipinski definition) is 1. The van der Waals surface area contributed by atoms with Crippen LogP contribution in [-0.4, -0.2) is 36.6 Å². The highest BCUT2D eigenvalue weighted by Gasteiger charge is 2.52. The van der Waals surface area contributed by atoms with Crippen LogP contribution >= 0.6 is 11.6 Å². The van der Waals surface area contributed by atoms with Crippen LogP contribution < -0.4 is 5.32 Å². The molecule has 0 unspecified atom stereocenters. The summed E-state index contributed by atoms with van der Waals surface area (Å²) in [5, 5.41) is 2.98. The average Bonchev–Trinajstić information content (AvgIpc) is 2.68. The van der Waals surface area contributed by atoms with Crippen LogP contribution in [-0.2, 0) is 14.0 Å². The Bertz CT molecular complexity index is 738. The quantitative estimate of drug-likeness (QED) is 0.707. The molecule has 1 amide bonds. The predicted octanol–water partition coefficient (Wildman–Crippen LogP) is 5.02. The second kappa shape index (κ2) is 8.05. The number of alkyl carbamates (subject to hydrolysis) is 1. The van der Waals surface area contributed by atoms with Gasteiger partial charge in [-0.05, 0) is 77.7 Å². The Kier molecular flexibility index (Phi) is 6.53. The maximum atomic E-state index is 13.7. The molecule has 0 saturated carbocycles. The van der Waals surface area contributed by atoms with Crippen LogP contribution in [0.25, 0.3) is 6.08 Å². The Balaban J connectivity index is 2.28. The fourth-order valence-corrected chi connectivity index (χ4v) is 2.79. The average molecular weight is 412 g/mol. The minimum Gasteiger partial charge on any atom is -0.444 e. The SMILES string of the molecule is CC(C)(C)OC(=O)NCC(=Cc1cc(F)cc(Cl)c1)B1OC(C)(C)C(C)(C)O1. The van der Waals surface area contributed by atoms with Crippen molar-refractivity contribution in [1.82, 2.24) is 5.32 Å². The van der Waals surface area contributed by atoms with Crippen LogP contribution in [0.5, 0.6) is 0 Å².